The lowest BCUT2D eigenvalue weighted by Crippen LogP contribution is -2.26. The summed E-state index contributed by atoms with van der Waals surface area (Å²) in [6.45, 7) is 4.02. The van der Waals surface area contributed by atoms with Crippen LogP contribution in [0.15, 0.2) is 24.3 Å². The van der Waals surface area contributed by atoms with Crippen molar-refractivity contribution in [3.63, 3.8) is 0 Å². The highest BCUT2D eigenvalue weighted by Gasteiger charge is 2.13. The van der Waals surface area contributed by atoms with Crippen LogP contribution < -0.4 is 5.32 Å². The molecule has 1 unspecified atom stereocenters. The summed E-state index contributed by atoms with van der Waals surface area (Å²) in [6, 6.07) is 8.01. The van der Waals surface area contributed by atoms with Crippen LogP contribution in [0.3, 0.4) is 0 Å². The minimum Gasteiger partial charge on any atom is -0.317 e. The average Bonchev–Trinajstić information content (AvgIpc) is 2.84. The number of tetrazole rings is 1. The zero-order valence-corrected chi connectivity index (χ0v) is 12.6. The second-order valence-electron chi connectivity index (χ2n) is 4.90. The van der Waals surface area contributed by atoms with Gasteiger partial charge in [0.25, 0.3) is 0 Å². The molecular formula is C14H20ClN5. The van der Waals surface area contributed by atoms with Gasteiger partial charge in [0.05, 0.1) is 7.05 Å². The number of aromatic nitrogens is 4. The fourth-order valence-electron chi connectivity index (χ4n) is 2.18. The minimum atomic E-state index is 0.445. The molecule has 0 saturated carbocycles. The summed E-state index contributed by atoms with van der Waals surface area (Å²) in [5, 5.41) is 16.4. The van der Waals surface area contributed by atoms with Crippen molar-refractivity contribution in [1.82, 2.24) is 25.5 Å². The molecule has 0 aliphatic heterocycles. The summed E-state index contributed by atoms with van der Waals surface area (Å²) in [4.78, 5) is 1.50. The summed E-state index contributed by atoms with van der Waals surface area (Å²) < 4.78 is 0. The van der Waals surface area contributed by atoms with E-state index in [1.165, 1.54) is 10.4 Å². The van der Waals surface area contributed by atoms with Gasteiger partial charge in [-0.3, -0.25) is 0 Å². The highest BCUT2D eigenvalue weighted by atomic mass is 35.5. The number of nitrogens with zero attached hydrogens (tertiary/aromatic N) is 4. The number of aryl methyl sites for hydroxylation is 1. The van der Waals surface area contributed by atoms with Crippen LogP contribution in [0.4, 0.5) is 0 Å². The van der Waals surface area contributed by atoms with E-state index in [1.54, 1.807) is 7.05 Å². The van der Waals surface area contributed by atoms with E-state index in [2.05, 4.69) is 39.8 Å². The maximum absolute atomic E-state index is 5.92. The first-order chi connectivity index (χ1) is 9.67. The standard InChI is InChI=1S/C14H20ClN5/c1-3-16-10-12(9-14-17-19-20(2)18-14)8-11-4-6-13(15)7-5-11/h4-7,12,16H,3,8-10H2,1-2H3. The number of benzene rings is 1. The summed E-state index contributed by atoms with van der Waals surface area (Å²) in [5.41, 5.74) is 1.28. The smallest absolute Gasteiger partial charge is 0.175 e. The fourth-order valence-corrected chi connectivity index (χ4v) is 2.31. The number of rotatable bonds is 7. The molecule has 2 rings (SSSR count). The molecule has 1 aromatic carbocycles. The van der Waals surface area contributed by atoms with Crippen LogP contribution in [0.25, 0.3) is 0 Å². The molecule has 1 aromatic heterocycles. The lowest BCUT2D eigenvalue weighted by atomic mass is 9.96. The first-order valence-corrected chi connectivity index (χ1v) is 7.23. The van der Waals surface area contributed by atoms with Gasteiger partial charge in [0.15, 0.2) is 5.82 Å². The molecule has 0 amide bonds. The van der Waals surface area contributed by atoms with Crippen molar-refractivity contribution in [3.05, 3.63) is 40.7 Å². The Kier molecular flexibility index (Phi) is 5.49. The summed E-state index contributed by atoms with van der Waals surface area (Å²) in [6.07, 6.45) is 1.80. The average molecular weight is 294 g/mol. The van der Waals surface area contributed by atoms with Crippen LogP contribution in [0.5, 0.6) is 0 Å². The van der Waals surface area contributed by atoms with Gasteiger partial charge in [-0.2, -0.15) is 4.80 Å². The van der Waals surface area contributed by atoms with E-state index in [0.29, 0.717) is 5.92 Å². The van der Waals surface area contributed by atoms with E-state index in [9.17, 15) is 0 Å². The van der Waals surface area contributed by atoms with Gasteiger partial charge in [-0.1, -0.05) is 30.7 Å². The third kappa shape index (κ3) is 4.58. The Morgan fingerprint density at radius 2 is 2.00 bits per heavy atom. The second kappa shape index (κ2) is 7.36. The number of hydrogen-bond donors (Lipinski definition) is 1. The molecule has 0 aliphatic carbocycles. The van der Waals surface area contributed by atoms with Gasteiger partial charge in [-0.15, -0.1) is 10.2 Å². The van der Waals surface area contributed by atoms with Gasteiger partial charge in [0.1, 0.15) is 0 Å². The summed E-state index contributed by atoms with van der Waals surface area (Å²) in [7, 11) is 1.79. The molecule has 2 aromatic rings. The molecule has 0 saturated heterocycles. The first kappa shape index (κ1) is 14.9. The third-order valence-electron chi connectivity index (χ3n) is 3.14. The molecule has 0 radical (unpaired) electrons. The van der Waals surface area contributed by atoms with Gasteiger partial charge in [-0.25, -0.2) is 0 Å². The Morgan fingerprint density at radius 3 is 2.60 bits per heavy atom. The molecule has 6 heteroatoms. The quantitative estimate of drug-likeness (QED) is 0.847. The van der Waals surface area contributed by atoms with Crippen molar-refractivity contribution >= 4 is 11.6 Å². The maximum atomic E-state index is 5.92. The Bertz CT molecular complexity index is 523. The number of hydrogen-bond acceptors (Lipinski definition) is 4. The lowest BCUT2D eigenvalue weighted by Gasteiger charge is -2.15. The predicted octanol–water partition coefficient (Wildman–Crippen LogP) is 1.87. The third-order valence-corrected chi connectivity index (χ3v) is 3.39. The van der Waals surface area contributed by atoms with Gasteiger partial charge >= 0.3 is 0 Å². The molecule has 5 nitrogen and oxygen atoms in total. The molecule has 108 valence electrons. The van der Waals surface area contributed by atoms with Crippen molar-refractivity contribution in [2.75, 3.05) is 13.1 Å². The fraction of sp³-hybridized carbons (Fsp3) is 0.500. The Balaban J connectivity index is 2.00. The van der Waals surface area contributed by atoms with Crippen LogP contribution in [-0.2, 0) is 19.9 Å². The Hall–Kier alpha value is -1.46. The van der Waals surface area contributed by atoms with Gasteiger partial charge < -0.3 is 5.32 Å². The molecule has 0 bridgehead atoms. The Morgan fingerprint density at radius 1 is 1.25 bits per heavy atom. The lowest BCUT2D eigenvalue weighted by molar-refractivity contribution is 0.467. The van der Waals surface area contributed by atoms with E-state index in [-0.39, 0.29) is 0 Å². The molecule has 1 heterocycles. The summed E-state index contributed by atoms with van der Waals surface area (Å²) in [5.74, 6) is 1.24. The number of halogens is 1. The van der Waals surface area contributed by atoms with Crippen LogP contribution in [0.2, 0.25) is 5.02 Å². The monoisotopic (exact) mass is 293 g/mol. The predicted molar refractivity (Wildman–Crippen MR) is 79.7 cm³/mol. The highest BCUT2D eigenvalue weighted by molar-refractivity contribution is 6.30. The van der Waals surface area contributed by atoms with Gasteiger partial charge in [0, 0.05) is 11.4 Å². The normalized spacial score (nSPS) is 12.6. The molecule has 0 fully saturated rings. The summed E-state index contributed by atoms with van der Waals surface area (Å²) >= 11 is 5.92. The van der Waals surface area contributed by atoms with E-state index < -0.39 is 0 Å². The SMILES string of the molecule is CCNCC(Cc1ccc(Cl)cc1)Cc1nnn(C)n1. The molecule has 1 N–H and O–H groups in total. The number of nitrogens with one attached hydrogen (secondary N) is 1. The molecule has 1 atom stereocenters. The molecule has 20 heavy (non-hydrogen) atoms. The minimum absolute atomic E-state index is 0.445. The van der Waals surface area contributed by atoms with Crippen molar-refractivity contribution < 1.29 is 0 Å². The second-order valence-corrected chi connectivity index (χ2v) is 5.34. The van der Waals surface area contributed by atoms with E-state index in [0.717, 1.165) is 36.8 Å². The zero-order valence-electron chi connectivity index (χ0n) is 11.9. The van der Waals surface area contributed by atoms with Crippen LogP contribution >= 0.6 is 11.6 Å². The Labute approximate surface area is 124 Å². The van der Waals surface area contributed by atoms with E-state index in [4.69, 9.17) is 11.6 Å². The zero-order chi connectivity index (χ0) is 14.4. The van der Waals surface area contributed by atoms with Gasteiger partial charge in [-0.05, 0) is 48.3 Å². The van der Waals surface area contributed by atoms with Crippen LogP contribution in [0, 0.1) is 5.92 Å². The molecular weight excluding hydrogens is 274 g/mol. The van der Waals surface area contributed by atoms with E-state index >= 15 is 0 Å². The van der Waals surface area contributed by atoms with Gasteiger partial charge in [0.2, 0.25) is 0 Å². The largest absolute Gasteiger partial charge is 0.317 e. The van der Waals surface area contributed by atoms with Crippen LogP contribution in [-0.4, -0.2) is 33.3 Å². The molecule has 0 spiro atoms. The van der Waals surface area contributed by atoms with Crippen LogP contribution in [0.1, 0.15) is 18.3 Å². The van der Waals surface area contributed by atoms with Crippen molar-refractivity contribution in [1.29, 1.82) is 0 Å². The van der Waals surface area contributed by atoms with Crippen molar-refractivity contribution in [2.45, 2.75) is 19.8 Å². The van der Waals surface area contributed by atoms with E-state index in [1.807, 2.05) is 12.1 Å². The molecule has 0 aliphatic rings. The van der Waals surface area contributed by atoms with Crippen molar-refractivity contribution in [2.24, 2.45) is 13.0 Å². The topological polar surface area (TPSA) is 55.6 Å². The highest BCUT2D eigenvalue weighted by Crippen LogP contribution is 2.15. The first-order valence-electron chi connectivity index (χ1n) is 6.85. The van der Waals surface area contributed by atoms with Crippen molar-refractivity contribution in [3.8, 4) is 0 Å². The maximum Gasteiger partial charge on any atom is 0.175 e.